The molecule has 1 rings (SSSR count). The lowest BCUT2D eigenvalue weighted by atomic mass is 9.87. The Balaban J connectivity index is 3.10. The van der Waals surface area contributed by atoms with E-state index < -0.39 is 27.4 Å². The van der Waals surface area contributed by atoms with Gasteiger partial charge in [-0.3, -0.25) is 9.59 Å². The Hall–Kier alpha value is -1.41. The Bertz CT molecular complexity index is 688. The fourth-order valence-corrected chi connectivity index (χ4v) is 3.41. The van der Waals surface area contributed by atoms with Gasteiger partial charge in [-0.05, 0) is 31.0 Å². The molecule has 22 heavy (non-hydrogen) atoms. The molecule has 2 amide bonds. The molecule has 0 saturated carbocycles. The number of nitrogens with one attached hydrogen (secondary N) is 2. The van der Waals surface area contributed by atoms with Crippen molar-refractivity contribution in [1.82, 2.24) is 10.0 Å². The summed E-state index contributed by atoms with van der Waals surface area (Å²) in [7, 11) is -4.02. The number of halogens is 1. The van der Waals surface area contributed by atoms with Crippen LogP contribution in [0.1, 0.15) is 27.7 Å². The van der Waals surface area contributed by atoms with Gasteiger partial charge in [0.05, 0.1) is 4.90 Å². The summed E-state index contributed by atoms with van der Waals surface area (Å²) in [6.07, 6.45) is 0. The fourth-order valence-electron chi connectivity index (χ4n) is 1.75. The third-order valence-electron chi connectivity index (χ3n) is 3.40. The first kappa shape index (κ1) is 18.6. The van der Waals surface area contributed by atoms with Gasteiger partial charge in [0.15, 0.2) is 0 Å². The summed E-state index contributed by atoms with van der Waals surface area (Å²) in [5.74, 6) is -1.49. The van der Waals surface area contributed by atoms with Crippen LogP contribution >= 0.6 is 15.9 Å². The highest BCUT2D eigenvalue weighted by atomic mass is 79.9. The van der Waals surface area contributed by atoms with Crippen LogP contribution < -0.4 is 10.0 Å². The zero-order valence-electron chi connectivity index (χ0n) is 12.8. The minimum atomic E-state index is -4.02. The maximum Gasteiger partial charge on any atom is 0.264 e. The lowest BCUT2D eigenvalue weighted by molar-refractivity contribution is -0.132. The van der Waals surface area contributed by atoms with E-state index in [-0.39, 0.29) is 10.8 Å². The number of carbonyl (C=O) groups is 2. The average molecular weight is 391 g/mol. The molecular formula is C14H19BrN2O4S. The Labute approximate surface area is 138 Å². The van der Waals surface area contributed by atoms with Crippen LogP contribution in [0.2, 0.25) is 0 Å². The van der Waals surface area contributed by atoms with Gasteiger partial charge in [0.2, 0.25) is 5.91 Å². The first-order valence-electron chi connectivity index (χ1n) is 6.60. The first-order valence-corrected chi connectivity index (χ1v) is 8.88. The molecule has 0 saturated heterocycles. The van der Waals surface area contributed by atoms with Gasteiger partial charge >= 0.3 is 0 Å². The SMILES string of the molecule is CC(=O)NC(C)(C(=O)NS(=O)(=O)c1cccc(Br)c1)C(C)C. The topological polar surface area (TPSA) is 92.3 Å². The molecule has 1 aromatic carbocycles. The van der Waals surface area contributed by atoms with Gasteiger partial charge in [-0.2, -0.15) is 0 Å². The summed E-state index contributed by atoms with van der Waals surface area (Å²) >= 11 is 3.18. The van der Waals surface area contributed by atoms with Crippen LogP contribution in [0.3, 0.4) is 0 Å². The lowest BCUT2D eigenvalue weighted by Gasteiger charge is -2.32. The molecule has 122 valence electrons. The third-order valence-corrected chi connectivity index (χ3v) is 5.22. The smallest absolute Gasteiger partial charge is 0.264 e. The van der Waals surface area contributed by atoms with E-state index in [0.717, 1.165) is 0 Å². The average Bonchev–Trinajstić information content (AvgIpc) is 2.37. The Morgan fingerprint density at radius 2 is 1.86 bits per heavy atom. The van der Waals surface area contributed by atoms with Gasteiger partial charge in [0, 0.05) is 11.4 Å². The second-order valence-electron chi connectivity index (χ2n) is 5.43. The quantitative estimate of drug-likeness (QED) is 0.801. The minimum Gasteiger partial charge on any atom is -0.342 e. The van der Waals surface area contributed by atoms with E-state index in [9.17, 15) is 18.0 Å². The van der Waals surface area contributed by atoms with Crippen molar-refractivity contribution < 1.29 is 18.0 Å². The van der Waals surface area contributed by atoms with Crippen molar-refractivity contribution in [2.45, 2.75) is 38.1 Å². The second-order valence-corrected chi connectivity index (χ2v) is 8.03. The molecule has 0 bridgehead atoms. The van der Waals surface area contributed by atoms with Crippen molar-refractivity contribution in [3.63, 3.8) is 0 Å². The van der Waals surface area contributed by atoms with Gasteiger partial charge in [-0.25, -0.2) is 13.1 Å². The van der Waals surface area contributed by atoms with Crippen molar-refractivity contribution in [3.8, 4) is 0 Å². The summed E-state index contributed by atoms with van der Waals surface area (Å²) in [6.45, 7) is 6.21. The molecule has 0 heterocycles. The minimum absolute atomic E-state index is 0.0378. The molecule has 0 aliphatic carbocycles. The summed E-state index contributed by atoms with van der Waals surface area (Å²) in [5.41, 5.74) is -1.33. The van der Waals surface area contributed by atoms with Gasteiger partial charge in [0.1, 0.15) is 5.54 Å². The molecule has 0 spiro atoms. The highest BCUT2D eigenvalue weighted by Gasteiger charge is 2.39. The molecule has 0 aliphatic heterocycles. The van der Waals surface area contributed by atoms with E-state index in [1.165, 1.54) is 26.0 Å². The van der Waals surface area contributed by atoms with Crippen LogP contribution in [-0.2, 0) is 19.6 Å². The number of amides is 2. The molecule has 1 atom stereocenters. The Kier molecular flexibility index (Phi) is 5.75. The molecular weight excluding hydrogens is 372 g/mol. The highest BCUT2D eigenvalue weighted by Crippen LogP contribution is 2.20. The summed E-state index contributed by atoms with van der Waals surface area (Å²) < 4.78 is 27.2. The molecule has 0 radical (unpaired) electrons. The van der Waals surface area contributed by atoms with E-state index in [1.54, 1.807) is 26.0 Å². The van der Waals surface area contributed by atoms with Crippen molar-refractivity contribution in [3.05, 3.63) is 28.7 Å². The third kappa shape index (κ3) is 4.30. The first-order chi connectivity index (χ1) is 9.99. The molecule has 1 aromatic rings. The number of carbonyl (C=O) groups excluding carboxylic acids is 2. The van der Waals surface area contributed by atoms with E-state index in [1.807, 2.05) is 4.72 Å². The largest absolute Gasteiger partial charge is 0.342 e. The molecule has 8 heteroatoms. The number of benzene rings is 1. The van der Waals surface area contributed by atoms with Gasteiger partial charge < -0.3 is 5.32 Å². The number of hydrogen-bond donors (Lipinski definition) is 2. The summed E-state index contributed by atoms with van der Waals surface area (Å²) in [5, 5.41) is 2.52. The summed E-state index contributed by atoms with van der Waals surface area (Å²) in [6, 6.07) is 6.00. The van der Waals surface area contributed by atoms with Crippen LogP contribution in [0.5, 0.6) is 0 Å². The predicted molar refractivity (Wildman–Crippen MR) is 86.5 cm³/mol. The molecule has 6 nitrogen and oxygen atoms in total. The maximum absolute atomic E-state index is 12.4. The molecule has 2 N–H and O–H groups in total. The van der Waals surface area contributed by atoms with Crippen molar-refractivity contribution in [1.29, 1.82) is 0 Å². The normalized spacial score (nSPS) is 14.3. The zero-order valence-corrected chi connectivity index (χ0v) is 15.2. The van der Waals surface area contributed by atoms with Crippen LogP contribution in [0.25, 0.3) is 0 Å². The standard InChI is InChI=1S/C14H19BrN2O4S/c1-9(2)14(4,16-10(3)18)13(19)17-22(20,21)12-7-5-6-11(15)8-12/h5-9H,1-4H3,(H,16,18)(H,17,19). The van der Waals surface area contributed by atoms with Gasteiger partial charge in [0.25, 0.3) is 15.9 Å². The lowest BCUT2D eigenvalue weighted by Crippen LogP contribution is -2.60. The molecule has 0 fully saturated rings. The van der Waals surface area contributed by atoms with E-state index >= 15 is 0 Å². The Morgan fingerprint density at radius 1 is 1.27 bits per heavy atom. The fraction of sp³-hybridized carbons (Fsp3) is 0.429. The van der Waals surface area contributed by atoms with Crippen LogP contribution in [0.15, 0.2) is 33.6 Å². The monoisotopic (exact) mass is 390 g/mol. The number of hydrogen-bond acceptors (Lipinski definition) is 4. The number of sulfonamides is 1. The molecule has 0 aliphatic rings. The van der Waals surface area contributed by atoms with E-state index in [2.05, 4.69) is 21.2 Å². The van der Waals surface area contributed by atoms with Crippen LogP contribution in [-0.4, -0.2) is 25.8 Å². The summed E-state index contributed by atoms with van der Waals surface area (Å²) in [4.78, 5) is 23.7. The maximum atomic E-state index is 12.4. The van der Waals surface area contributed by atoms with Gasteiger partial charge in [-0.1, -0.05) is 35.8 Å². The van der Waals surface area contributed by atoms with Crippen molar-refractivity contribution in [2.24, 2.45) is 5.92 Å². The zero-order chi connectivity index (χ0) is 17.1. The molecule has 0 aromatic heterocycles. The highest BCUT2D eigenvalue weighted by molar-refractivity contribution is 9.10. The second kappa shape index (κ2) is 6.78. The van der Waals surface area contributed by atoms with Crippen molar-refractivity contribution in [2.75, 3.05) is 0 Å². The predicted octanol–water partition coefficient (Wildman–Crippen LogP) is 1.80. The van der Waals surface area contributed by atoms with Crippen molar-refractivity contribution >= 4 is 37.8 Å². The van der Waals surface area contributed by atoms with E-state index in [0.29, 0.717) is 4.47 Å². The van der Waals surface area contributed by atoms with Crippen LogP contribution in [0, 0.1) is 5.92 Å². The van der Waals surface area contributed by atoms with Gasteiger partial charge in [-0.15, -0.1) is 0 Å². The Morgan fingerprint density at radius 3 is 2.32 bits per heavy atom. The molecule has 1 unspecified atom stereocenters. The number of rotatable bonds is 5. The van der Waals surface area contributed by atoms with Crippen LogP contribution in [0.4, 0.5) is 0 Å². The van der Waals surface area contributed by atoms with E-state index in [4.69, 9.17) is 0 Å².